The third kappa shape index (κ3) is 3.41. The number of hydrogen-bond acceptors (Lipinski definition) is 4. The molecule has 0 fully saturated rings. The predicted octanol–water partition coefficient (Wildman–Crippen LogP) is 2.16. The van der Waals surface area contributed by atoms with Crippen molar-refractivity contribution >= 4 is 12.1 Å². The molecule has 20 heavy (non-hydrogen) atoms. The fourth-order valence-corrected chi connectivity index (χ4v) is 1.64. The number of hydrogen-bond donors (Lipinski definition) is 1. The van der Waals surface area contributed by atoms with Crippen molar-refractivity contribution in [2.75, 3.05) is 7.11 Å². The Bertz CT molecular complexity index is 624. The van der Waals surface area contributed by atoms with Gasteiger partial charge in [-0.25, -0.2) is 5.43 Å². The lowest BCUT2D eigenvalue weighted by atomic mass is 10.1. The average Bonchev–Trinajstić information content (AvgIpc) is 2.49. The van der Waals surface area contributed by atoms with E-state index in [1.165, 1.54) is 6.20 Å². The minimum absolute atomic E-state index is 0.298. The third-order valence-corrected chi connectivity index (χ3v) is 2.74. The number of aryl methyl sites for hydroxylation is 1. The highest BCUT2D eigenvalue weighted by Crippen LogP contribution is 2.17. The second-order valence-electron chi connectivity index (χ2n) is 4.17. The monoisotopic (exact) mass is 269 g/mol. The molecule has 0 unspecified atom stereocenters. The second kappa shape index (κ2) is 6.47. The van der Waals surface area contributed by atoms with Crippen molar-refractivity contribution in [2.45, 2.75) is 6.92 Å². The highest BCUT2D eigenvalue weighted by molar-refractivity contribution is 5.94. The summed E-state index contributed by atoms with van der Waals surface area (Å²) in [5, 5.41) is 3.92. The summed E-state index contributed by atoms with van der Waals surface area (Å²) in [7, 11) is 1.62. The van der Waals surface area contributed by atoms with E-state index >= 15 is 0 Å². The summed E-state index contributed by atoms with van der Waals surface area (Å²) in [5.41, 5.74) is 4.80. The maximum atomic E-state index is 11.7. The Morgan fingerprint density at radius 2 is 2.25 bits per heavy atom. The Hall–Kier alpha value is -2.69. The quantitative estimate of drug-likeness (QED) is 0.683. The number of nitrogens with zero attached hydrogens (tertiary/aromatic N) is 2. The van der Waals surface area contributed by atoms with Crippen molar-refractivity contribution in [1.82, 2.24) is 10.4 Å². The Labute approximate surface area is 117 Å². The first-order valence-corrected chi connectivity index (χ1v) is 6.09. The number of hydrazone groups is 1. The molecule has 2 aromatic rings. The maximum Gasteiger partial charge on any atom is 0.272 e. The molecule has 2 rings (SSSR count). The molecule has 0 aliphatic rings. The van der Waals surface area contributed by atoms with E-state index in [2.05, 4.69) is 15.5 Å². The molecule has 1 aromatic carbocycles. The summed E-state index contributed by atoms with van der Waals surface area (Å²) in [6.07, 6.45) is 4.66. The zero-order chi connectivity index (χ0) is 14.4. The minimum Gasteiger partial charge on any atom is -0.496 e. The van der Waals surface area contributed by atoms with Gasteiger partial charge in [0.25, 0.3) is 5.91 Å². The lowest BCUT2D eigenvalue weighted by molar-refractivity contribution is 0.0955. The van der Waals surface area contributed by atoms with Gasteiger partial charge in [0.15, 0.2) is 0 Å². The van der Waals surface area contributed by atoms with Crippen LogP contribution in [0.15, 0.2) is 47.8 Å². The molecule has 0 saturated carbocycles. The maximum absolute atomic E-state index is 11.7. The predicted molar refractivity (Wildman–Crippen MR) is 77.0 cm³/mol. The smallest absolute Gasteiger partial charge is 0.272 e. The fourth-order valence-electron chi connectivity index (χ4n) is 1.64. The van der Waals surface area contributed by atoms with Crippen LogP contribution in [0.25, 0.3) is 0 Å². The standard InChI is InChI=1S/C15H15N3O2/c1-11-5-6-12(8-14(11)20-2)9-17-18-15(19)13-4-3-7-16-10-13/h3-10H,1-2H3,(H,18,19)/b17-9+. The molecule has 0 atom stereocenters. The SMILES string of the molecule is COc1cc(/C=N/NC(=O)c2cccnc2)ccc1C. The number of methoxy groups -OCH3 is 1. The topological polar surface area (TPSA) is 63.6 Å². The van der Waals surface area contributed by atoms with Crippen molar-refractivity contribution in [3.63, 3.8) is 0 Å². The van der Waals surface area contributed by atoms with E-state index in [0.717, 1.165) is 16.9 Å². The van der Waals surface area contributed by atoms with E-state index in [4.69, 9.17) is 4.74 Å². The number of nitrogens with one attached hydrogen (secondary N) is 1. The van der Waals surface area contributed by atoms with Crippen molar-refractivity contribution in [3.05, 3.63) is 59.4 Å². The Kier molecular flexibility index (Phi) is 4.44. The molecule has 1 N–H and O–H groups in total. The number of carbonyl (C=O) groups excluding carboxylic acids is 1. The molecule has 1 heterocycles. The first-order chi connectivity index (χ1) is 9.70. The van der Waals surface area contributed by atoms with Gasteiger partial charge in [-0.1, -0.05) is 12.1 Å². The number of pyridine rings is 1. The van der Waals surface area contributed by atoms with Gasteiger partial charge in [0.1, 0.15) is 5.75 Å². The number of ether oxygens (including phenoxy) is 1. The van der Waals surface area contributed by atoms with Crippen molar-refractivity contribution in [2.24, 2.45) is 5.10 Å². The lowest BCUT2D eigenvalue weighted by Crippen LogP contribution is -2.17. The Morgan fingerprint density at radius 1 is 1.40 bits per heavy atom. The first kappa shape index (κ1) is 13.7. The number of amides is 1. The van der Waals surface area contributed by atoms with Crippen LogP contribution in [0.3, 0.4) is 0 Å². The largest absolute Gasteiger partial charge is 0.496 e. The molecular weight excluding hydrogens is 254 g/mol. The van der Waals surface area contributed by atoms with Gasteiger partial charge in [-0.15, -0.1) is 0 Å². The number of aromatic nitrogens is 1. The molecular formula is C15H15N3O2. The number of benzene rings is 1. The second-order valence-corrected chi connectivity index (χ2v) is 4.17. The van der Waals surface area contributed by atoms with Gasteiger partial charge in [0.05, 0.1) is 18.9 Å². The molecule has 0 saturated heterocycles. The van der Waals surface area contributed by atoms with Crippen LogP contribution in [0.4, 0.5) is 0 Å². The highest BCUT2D eigenvalue weighted by Gasteiger charge is 2.02. The van der Waals surface area contributed by atoms with E-state index < -0.39 is 0 Å². The van der Waals surface area contributed by atoms with Gasteiger partial charge in [0, 0.05) is 12.4 Å². The molecule has 1 aromatic heterocycles. The summed E-state index contributed by atoms with van der Waals surface area (Å²) < 4.78 is 5.23. The molecule has 0 bridgehead atoms. The average molecular weight is 269 g/mol. The van der Waals surface area contributed by atoms with Gasteiger partial charge in [-0.3, -0.25) is 9.78 Å². The molecule has 5 heteroatoms. The minimum atomic E-state index is -0.298. The summed E-state index contributed by atoms with van der Waals surface area (Å²) >= 11 is 0. The molecule has 0 aliphatic heterocycles. The lowest BCUT2D eigenvalue weighted by Gasteiger charge is -2.04. The summed E-state index contributed by atoms with van der Waals surface area (Å²) in [6.45, 7) is 1.96. The van der Waals surface area contributed by atoms with E-state index in [9.17, 15) is 4.79 Å². The van der Waals surface area contributed by atoms with Crippen molar-refractivity contribution < 1.29 is 9.53 Å². The van der Waals surface area contributed by atoms with Crippen LogP contribution in [-0.2, 0) is 0 Å². The highest BCUT2D eigenvalue weighted by atomic mass is 16.5. The van der Waals surface area contributed by atoms with Gasteiger partial charge < -0.3 is 4.74 Å². The molecule has 102 valence electrons. The molecule has 5 nitrogen and oxygen atoms in total. The molecule has 0 radical (unpaired) electrons. The van der Waals surface area contributed by atoms with Gasteiger partial charge >= 0.3 is 0 Å². The third-order valence-electron chi connectivity index (χ3n) is 2.74. The summed E-state index contributed by atoms with van der Waals surface area (Å²) in [6, 6.07) is 9.06. The number of rotatable bonds is 4. The van der Waals surface area contributed by atoms with Crippen LogP contribution >= 0.6 is 0 Å². The fraction of sp³-hybridized carbons (Fsp3) is 0.133. The molecule has 0 aliphatic carbocycles. The normalized spacial score (nSPS) is 10.5. The zero-order valence-corrected chi connectivity index (χ0v) is 11.3. The van der Waals surface area contributed by atoms with E-state index in [0.29, 0.717) is 5.56 Å². The Morgan fingerprint density at radius 3 is 2.95 bits per heavy atom. The van der Waals surface area contributed by atoms with Crippen LogP contribution in [0, 0.1) is 6.92 Å². The van der Waals surface area contributed by atoms with Crippen LogP contribution in [0.1, 0.15) is 21.5 Å². The number of carbonyl (C=O) groups is 1. The van der Waals surface area contributed by atoms with Crippen molar-refractivity contribution in [3.8, 4) is 5.75 Å². The van der Waals surface area contributed by atoms with Gasteiger partial charge in [-0.05, 0) is 36.2 Å². The van der Waals surface area contributed by atoms with Crippen molar-refractivity contribution in [1.29, 1.82) is 0 Å². The van der Waals surface area contributed by atoms with Crippen LogP contribution in [0.5, 0.6) is 5.75 Å². The Balaban J connectivity index is 2.02. The zero-order valence-electron chi connectivity index (χ0n) is 11.3. The van der Waals surface area contributed by atoms with Gasteiger partial charge in [-0.2, -0.15) is 5.10 Å². The molecule has 1 amide bonds. The van der Waals surface area contributed by atoms with E-state index in [1.807, 2.05) is 25.1 Å². The van der Waals surface area contributed by atoms with Crippen LogP contribution < -0.4 is 10.2 Å². The molecule has 0 spiro atoms. The first-order valence-electron chi connectivity index (χ1n) is 6.09. The summed E-state index contributed by atoms with van der Waals surface area (Å²) in [4.78, 5) is 15.6. The summed E-state index contributed by atoms with van der Waals surface area (Å²) in [5.74, 6) is 0.487. The van der Waals surface area contributed by atoms with Gasteiger partial charge in [0.2, 0.25) is 0 Å². The van der Waals surface area contributed by atoms with E-state index in [-0.39, 0.29) is 5.91 Å². The van der Waals surface area contributed by atoms with E-state index in [1.54, 1.807) is 31.7 Å². The van der Waals surface area contributed by atoms with Crippen LogP contribution in [0.2, 0.25) is 0 Å². The van der Waals surface area contributed by atoms with Crippen LogP contribution in [-0.4, -0.2) is 24.2 Å².